The Kier molecular flexibility index (Phi) is 2.71. The molecular weight excluding hydrogens is 194 g/mol. The minimum absolute atomic E-state index is 0.139. The van der Waals surface area contributed by atoms with Crippen LogP contribution in [-0.4, -0.2) is 26.7 Å². The van der Waals surface area contributed by atoms with Crippen molar-refractivity contribution in [3.8, 4) is 0 Å². The molecule has 0 bridgehead atoms. The SMILES string of the molecule is O=C(C/C(=N/O)C1CC1)c1cnccn1. The van der Waals surface area contributed by atoms with Gasteiger partial charge < -0.3 is 5.21 Å². The molecule has 0 aliphatic heterocycles. The molecule has 1 heterocycles. The van der Waals surface area contributed by atoms with E-state index in [1.807, 2.05) is 0 Å². The van der Waals surface area contributed by atoms with Gasteiger partial charge in [-0.2, -0.15) is 0 Å². The molecule has 1 fully saturated rings. The molecular formula is C10H11N3O2. The Labute approximate surface area is 86.9 Å². The highest BCUT2D eigenvalue weighted by Crippen LogP contribution is 2.32. The van der Waals surface area contributed by atoms with Gasteiger partial charge in [0.05, 0.1) is 18.3 Å². The van der Waals surface area contributed by atoms with Crippen LogP contribution >= 0.6 is 0 Å². The molecule has 0 radical (unpaired) electrons. The Morgan fingerprint density at radius 2 is 2.33 bits per heavy atom. The van der Waals surface area contributed by atoms with E-state index in [-0.39, 0.29) is 18.1 Å². The van der Waals surface area contributed by atoms with Crippen molar-refractivity contribution in [2.45, 2.75) is 19.3 Å². The fourth-order valence-electron chi connectivity index (χ4n) is 1.38. The minimum atomic E-state index is -0.150. The van der Waals surface area contributed by atoms with E-state index in [0.717, 1.165) is 12.8 Å². The average molecular weight is 205 g/mol. The van der Waals surface area contributed by atoms with Crippen LogP contribution in [-0.2, 0) is 0 Å². The number of hydrogen-bond donors (Lipinski definition) is 1. The molecule has 1 saturated carbocycles. The molecule has 15 heavy (non-hydrogen) atoms. The van der Waals surface area contributed by atoms with Gasteiger partial charge in [-0.25, -0.2) is 4.98 Å². The highest BCUT2D eigenvalue weighted by molar-refractivity contribution is 6.09. The lowest BCUT2D eigenvalue weighted by molar-refractivity contribution is 0.0993. The molecule has 0 atom stereocenters. The van der Waals surface area contributed by atoms with Crippen LogP contribution in [0.2, 0.25) is 0 Å². The average Bonchev–Trinajstić information content (AvgIpc) is 3.10. The van der Waals surface area contributed by atoms with Crippen LogP contribution in [0, 0.1) is 5.92 Å². The highest BCUT2D eigenvalue weighted by Gasteiger charge is 2.29. The van der Waals surface area contributed by atoms with Crippen molar-refractivity contribution in [1.29, 1.82) is 0 Å². The van der Waals surface area contributed by atoms with Crippen molar-refractivity contribution in [2.75, 3.05) is 0 Å². The van der Waals surface area contributed by atoms with E-state index >= 15 is 0 Å². The number of carbonyl (C=O) groups excluding carboxylic acids is 1. The van der Waals surface area contributed by atoms with Crippen molar-refractivity contribution < 1.29 is 10.0 Å². The van der Waals surface area contributed by atoms with E-state index < -0.39 is 0 Å². The predicted molar refractivity (Wildman–Crippen MR) is 52.9 cm³/mol. The molecule has 2 rings (SSSR count). The Bertz CT molecular complexity index is 385. The van der Waals surface area contributed by atoms with E-state index in [1.54, 1.807) is 0 Å². The topological polar surface area (TPSA) is 75.4 Å². The van der Waals surface area contributed by atoms with Gasteiger partial charge in [0.25, 0.3) is 0 Å². The summed E-state index contributed by atoms with van der Waals surface area (Å²) in [7, 11) is 0. The normalized spacial score (nSPS) is 16.4. The molecule has 5 nitrogen and oxygen atoms in total. The predicted octanol–water partition coefficient (Wildman–Crippen LogP) is 1.29. The van der Waals surface area contributed by atoms with E-state index in [0.29, 0.717) is 11.4 Å². The van der Waals surface area contributed by atoms with Gasteiger partial charge in [-0.15, -0.1) is 0 Å². The van der Waals surface area contributed by atoms with Gasteiger partial charge in [-0.3, -0.25) is 9.78 Å². The first-order valence-electron chi connectivity index (χ1n) is 4.81. The summed E-state index contributed by atoms with van der Waals surface area (Å²) in [5.74, 6) is 0.137. The van der Waals surface area contributed by atoms with Crippen molar-refractivity contribution in [3.63, 3.8) is 0 Å². The second-order valence-corrected chi connectivity index (χ2v) is 3.56. The maximum atomic E-state index is 11.7. The maximum Gasteiger partial charge on any atom is 0.188 e. The fourth-order valence-corrected chi connectivity index (χ4v) is 1.38. The second kappa shape index (κ2) is 4.16. The number of carbonyl (C=O) groups is 1. The van der Waals surface area contributed by atoms with Gasteiger partial charge >= 0.3 is 0 Å². The van der Waals surface area contributed by atoms with E-state index in [4.69, 9.17) is 5.21 Å². The van der Waals surface area contributed by atoms with Gasteiger partial charge in [0.15, 0.2) is 5.78 Å². The quantitative estimate of drug-likeness (QED) is 0.348. The summed E-state index contributed by atoms with van der Waals surface area (Å²) in [6.45, 7) is 0. The largest absolute Gasteiger partial charge is 0.411 e. The molecule has 0 spiro atoms. The van der Waals surface area contributed by atoms with Crippen molar-refractivity contribution >= 4 is 11.5 Å². The Balaban J connectivity index is 2.03. The van der Waals surface area contributed by atoms with Crippen LogP contribution in [0.15, 0.2) is 23.7 Å². The third kappa shape index (κ3) is 2.37. The first-order chi connectivity index (χ1) is 7.31. The zero-order chi connectivity index (χ0) is 10.7. The van der Waals surface area contributed by atoms with E-state index in [2.05, 4.69) is 15.1 Å². The molecule has 1 aromatic heterocycles. The first kappa shape index (κ1) is 9.76. The lowest BCUT2D eigenvalue weighted by Gasteiger charge is -2.00. The summed E-state index contributed by atoms with van der Waals surface area (Å²) in [5.41, 5.74) is 0.880. The molecule has 5 heteroatoms. The van der Waals surface area contributed by atoms with Crippen LogP contribution < -0.4 is 0 Å². The van der Waals surface area contributed by atoms with Crippen molar-refractivity contribution in [2.24, 2.45) is 11.1 Å². The van der Waals surface area contributed by atoms with Gasteiger partial charge in [0.2, 0.25) is 0 Å². The summed E-state index contributed by atoms with van der Waals surface area (Å²) in [4.78, 5) is 19.4. The van der Waals surface area contributed by atoms with E-state index in [9.17, 15) is 4.79 Å². The van der Waals surface area contributed by atoms with Crippen molar-refractivity contribution in [1.82, 2.24) is 9.97 Å². The lowest BCUT2D eigenvalue weighted by atomic mass is 10.1. The number of ketones is 1. The zero-order valence-corrected chi connectivity index (χ0v) is 8.13. The summed E-state index contributed by atoms with van der Waals surface area (Å²) < 4.78 is 0. The second-order valence-electron chi connectivity index (χ2n) is 3.56. The molecule has 0 amide bonds. The standard InChI is InChI=1S/C10H11N3O2/c14-10(9-6-11-3-4-12-9)5-8(13-15)7-1-2-7/h3-4,6-7,15H,1-2,5H2/b13-8-. The van der Waals surface area contributed by atoms with Crippen LogP contribution in [0.5, 0.6) is 0 Å². The third-order valence-electron chi connectivity index (χ3n) is 2.37. The van der Waals surface area contributed by atoms with Gasteiger partial charge in [0.1, 0.15) is 5.69 Å². The number of aromatic nitrogens is 2. The molecule has 0 unspecified atom stereocenters. The third-order valence-corrected chi connectivity index (χ3v) is 2.37. The van der Waals surface area contributed by atoms with Crippen LogP contribution in [0.3, 0.4) is 0 Å². The van der Waals surface area contributed by atoms with Gasteiger partial charge in [-0.05, 0) is 12.8 Å². The molecule has 78 valence electrons. The molecule has 0 saturated heterocycles. The Morgan fingerprint density at radius 3 is 2.87 bits per heavy atom. The maximum absolute atomic E-state index is 11.7. The molecule has 1 aliphatic carbocycles. The summed E-state index contributed by atoms with van der Waals surface area (Å²) in [6.07, 6.45) is 6.56. The summed E-state index contributed by atoms with van der Waals surface area (Å²) in [6, 6.07) is 0. The molecule has 1 aromatic rings. The number of nitrogens with zero attached hydrogens (tertiary/aromatic N) is 3. The first-order valence-corrected chi connectivity index (χ1v) is 4.81. The smallest absolute Gasteiger partial charge is 0.188 e. The van der Waals surface area contributed by atoms with Gasteiger partial charge in [-0.1, -0.05) is 5.16 Å². The number of oxime groups is 1. The fraction of sp³-hybridized carbons (Fsp3) is 0.400. The Hall–Kier alpha value is -1.78. The number of rotatable bonds is 4. The monoisotopic (exact) mass is 205 g/mol. The van der Waals surface area contributed by atoms with Gasteiger partial charge in [0, 0.05) is 18.3 Å². The lowest BCUT2D eigenvalue weighted by Crippen LogP contribution is -2.11. The van der Waals surface area contributed by atoms with Crippen molar-refractivity contribution in [3.05, 3.63) is 24.3 Å². The van der Waals surface area contributed by atoms with Crippen LogP contribution in [0.25, 0.3) is 0 Å². The minimum Gasteiger partial charge on any atom is -0.411 e. The number of hydrogen-bond acceptors (Lipinski definition) is 5. The summed E-state index contributed by atoms with van der Waals surface area (Å²) >= 11 is 0. The Morgan fingerprint density at radius 1 is 1.53 bits per heavy atom. The highest BCUT2D eigenvalue weighted by atomic mass is 16.4. The van der Waals surface area contributed by atoms with E-state index in [1.165, 1.54) is 18.6 Å². The summed E-state index contributed by atoms with van der Waals surface area (Å²) in [5, 5.41) is 11.9. The molecule has 1 N–H and O–H groups in total. The zero-order valence-electron chi connectivity index (χ0n) is 8.13. The van der Waals surface area contributed by atoms with Crippen LogP contribution in [0.1, 0.15) is 29.8 Å². The van der Waals surface area contributed by atoms with Crippen LogP contribution in [0.4, 0.5) is 0 Å². The molecule has 0 aromatic carbocycles. The molecule has 1 aliphatic rings. The number of Topliss-reactive ketones (excluding diaryl/α,β-unsaturated/α-hetero) is 1.